The molecule has 0 aliphatic rings. The summed E-state index contributed by atoms with van der Waals surface area (Å²) in [6, 6.07) is 4.55. The maximum Gasteiger partial charge on any atom is 0.408 e. The number of carbonyl (C=O) groups excluding carboxylic acids is 4. The van der Waals surface area contributed by atoms with Crippen LogP contribution in [0.15, 0.2) is 43.0 Å². The third-order valence-corrected chi connectivity index (χ3v) is 6.12. The lowest BCUT2D eigenvalue weighted by Gasteiger charge is -2.27. The number of esters is 1. The minimum atomic E-state index is -1.07. The van der Waals surface area contributed by atoms with Gasteiger partial charge in [-0.1, -0.05) is 32.0 Å². The highest BCUT2D eigenvalue weighted by Gasteiger charge is 2.33. The van der Waals surface area contributed by atoms with Crippen molar-refractivity contribution >= 4 is 34.8 Å². The molecule has 0 radical (unpaired) electrons. The Morgan fingerprint density at radius 2 is 1.68 bits per heavy atom. The third kappa shape index (κ3) is 8.32. The van der Waals surface area contributed by atoms with Crippen molar-refractivity contribution < 1.29 is 28.7 Å². The first-order valence-electron chi connectivity index (χ1n) is 13.1. The van der Waals surface area contributed by atoms with Gasteiger partial charge >= 0.3 is 12.1 Å². The van der Waals surface area contributed by atoms with E-state index < -0.39 is 47.6 Å². The van der Waals surface area contributed by atoms with E-state index in [4.69, 9.17) is 9.47 Å². The molecule has 3 atom stereocenters. The molecule has 0 saturated heterocycles. The van der Waals surface area contributed by atoms with Gasteiger partial charge in [-0.3, -0.25) is 9.59 Å². The van der Waals surface area contributed by atoms with Crippen LogP contribution in [0.1, 0.15) is 45.9 Å². The van der Waals surface area contributed by atoms with Gasteiger partial charge in [0.1, 0.15) is 23.7 Å². The Morgan fingerprint density at radius 3 is 2.30 bits per heavy atom. The molecule has 5 N–H and O–H groups in total. The second-order valence-corrected chi connectivity index (χ2v) is 10.8. The molecule has 1 aromatic carbocycles. The first-order valence-corrected chi connectivity index (χ1v) is 13.1. The Morgan fingerprint density at radius 1 is 0.950 bits per heavy atom. The number of aromatic nitrogens is 3. The van der Waals surface area contributed by atoms with E-state index in [-0.39, 0.29) is 18.8 Å². The summed E-state index contributed by atoms with van der Waals surface area (Å²) in [6.45, 7) is 8.66. The standard InChI is InChI=1S/C28H38N6O6/c1-16(2)23(34-24(35)21(12-18-14-29-15-31-18)33-27(38)40-28(3,4)5)25(36)32-22(26(37)39-6)11-17-13-30-20-10-8-7-9-19(17)20/h7-10,13-16,21-23,30H,11-12H2,1-6H3,(H,29,31)(H,32,36)(H,33,38)(H,34,35)/t21-,22-,23-/m0/s1. The Labute approximate surface area is 233 Å². The summed E-state index contributed by atoms with van der Waals surface area (Å²) in [5, 5.41) is 8.97. The van der Waals surface area contributed by atoms with Gasteiger partial charge in [0, 0.05) is 36.1 Å². The minimum Gasteiger partial charge on any atom is -0.467 e. The molecule has 0 spiro atoms. The second kappa shape index (κ2) is 13.1. The molecule has 12 heteroatoms. The van der Waals surface area contributed by atoms with E-state index in [1.54, 1.807) is 47.0 Å². The zero-order valence-corrected chi connectivity index (χ0v) is 23.7. The topological polar surface area (TPSA) is 167 Å². The molecule has 2 heterocycles. The highest BCUT2D eigenvalue weighted by molar-refractivity contribution is 5.93. The van der Waals surface area contributed by atoms with Crippen LogP contribution in [0.25, 0.3) is 10.9 Å². The van der Waals surface area contributed by atoms with E-state index in [0.29, 0.717) is 5.69 Å². The van der Waals surface area contributed by atoms with Gasteiger partial charge in [0.25, 0.3) is 0 Å². The molecule has 12 nitrogen and oxygen atoms in total. The van der Waals surface area contributed by atoms with Crippen LogP contribution in [-0.2, 0) is 36.7 Å². The molecule has 40 heavy (non-hydrogen) atoms. The predicted octanol–water partition coefficient (Wildman–Crippen LogP) is 2.37. The van der Waals surface area contributed by atoms with Crippen LogP contribution < -0.4 is 16.0 Å². The molecular weight excluding hydrogens is 516 g/mol. The highest BCUT2D eigenvalue weighted by Crippen LogP contribution is 2.19. The molecule has 3 aromatic rings. The van der Waals surface area contributed by atoms with Gasteiger partial charge in [-0.25, -0.2) is 14.6 Å². The Kier molecular flexibility index (Phi) is 9.92. The average molecular weight is 555 g/mol. The van der Waals surface area contributed by atoms with Gasteiger partial charge in [-0.05, 0) is 38.3 Å². The SMILES string of the molecule is COC(=O)[C@H](Cc1c[nH]c2ccccc12)NC(=O)[C@@H](NC(=O)[C@H](Cc1c[nH]cn1)NC(=O)OC(C)(C)C)C(C)C. The molecule has 0 fully saturated rings. The summed E-state index contributed by atoms with van der Waals surface area (Å²) in [4.78, 5) is 62.0. The minimum absolute atomic E-state index is 0.0619. The largest absolute Gasteiger partial charge is 0.467 e. The summed E-state index contributed by atoms with van der Waals surface area (Å²) in [6.07, 6.45) is 4.32. The number of nitrogens with zero attached hydrogens (tertiary/aromatic N) is 1. The van der Waals surface area contributed by atoms with Crippen molar-refractivity contribution in [3.05, 3.63) is 54.2 Å². The van der Waals surface area contributed by atoms with Gasteiger partial charge in [-0.15, -0.1) is 0 Å². The zero-order chi connectivity index (χ0) is 29.4. The quantitative estimate of drug-likeness (QED) is 0.227. The molecule has 0 aliphatic heterocycles. The van der Waals surface area contributed by atoms with E-state index in [2.05, 4.69) is 30.9 Å². The summed E-state index contributed by atoms with van der Waals surface area (Å²) >= 11 is 0. The summed E-state index contributed by atoms with van der Waals surface area (Å²) in [5.74, 6) is -2.12. The van der Waals surface area contributed by atoms with Crippen molar-refractivity contribution in [2.24, 2.45) is 5.92 Å². The number of hydrogen-bond acceptors (Lipinski definition) is 7. The predicted molar refractivity (Wildman–Crippen MR) is 148 cm³/mol. The van der Waals surface area contributed by atoms with E-state index in [0.717, 1.165) is 16.5 Å². The molecule has 0 bridgehead atoms. The number of carbonyl (C=O) groups is 4. The zero-order valence-electron chi connectivity index (χ0n) is 23.7. The first-order chi connectivity index (χ1) is 18.9. The van der Waals surface area contributed by atoms with Gasteiger partial charge in [0.05, 0.1) is 19.1 Å². The number of amides is 3. The Balaban J connectivity index is 1.76. The number of benzene rings is 1. The van der Waals surface area contributed by atoms with E-state index in [9.17, 15) is 19.2 Å². The van der Waals surface area contributed by atoms with Crippen LogP contribution in [0, 0.1) is 5.92 Å². The molecule has 216 valence electrons. The van der Waals surface area contributed by atoms with Gasteiger partial charge in [0.15, 0.2) is 0 Å². The normalized spacial score (nSPS) is 13.8. The van der Waals surface area contributed by atoms with E-state index in [1.807, 2.05) is 24.3 Å². The number of aromatic amines is 2. The number of alkyl carbamates (subject to hydrolysis) is 1. The fraction of sp³-hybridized carbons (Fsp3) is 0.464. The third-order valence-electron chi connectivity index (χ3n) is 6.12. The fourth-order valence-electron chi connectivity index (χ4n) is 4.18. The van der Waals surface area contributed by atoms with Crippen LogP contribution in [0.2, 0.25) is 0 Å². The lowest BCUT2D eigenvalue weighted by molar-refractivity contribution is -0.145. The van der Waals surface area contributed by atoms with Crippen LogP contribution >= 0.6 is 0 Å². The number of rotatable bonds is 11. The smallest absolute Gasteiger partial charge is 0.408 e. The van der Waals surface area contributed by atoms with Crippen LogP contribution in [0.4, 0.5) is 4.79 Å². The van der Waals surface area contributed by atoms with Gasteiger partial charge in [0.2, 0.25) is 11.8 Å². The lowest BCUT2D eigenvalue weighted by Crippen LogP contribution is -2.58. The van der Waals surface area contributed by atoms with Crippen LogP contribution in [0.5, 0.6) is 0 Å². The van der Waals surface area contributed by atoms with Crippen molar-refractivity contribution in [3.63, 3.8) is 0 Å². The maximum atomic E-state index is 13.4. The molecule has 2 aromatic heterocycles. The van der Waals surface area contributed by atoms with Gasteiger partial charge < -0.3 is 35.4 Å². The highest BCUT2D eigenvalue weighted by atomic mass is 16.6. The number of imidazole rings is 1. The number of ether oxygens (including phenoxy) is 2. The summed E-state index contributed by atoms with van der Waals surface area (Å²) in [5.41, 5.74) is 1.49. The van der Waals surface area contributed by atoms with Crippen molar-refractivity contribution in [2.75, 3.05) is 7.11 Å². The van der Waals surface area contributed by atoms with Crippen LogP contribution in [-0.4, -0.2) is 69.7 Å². The average Bonchev–Trinajstić information content (AvgIpc) is 3.54. The molecule has 0 aliphatic carbocycles. The number of para-hydroxylation sites is 1. The van der Waals surface area contributed by atoms with Crippen molar-refractivity contribution in [2.45, 2.75) is 71.2 Å². The lowest BCUT2D eigenvalue weighted by atomic mass is 10.00. The Bertz CT molecular complexity index is 1310. The molecular formula is C28H38N6O6. The summed E-state index contributed by atoms with van der Waals surface area (Å²) < 4.78 is 10.3. The van der Waals surface area contributed by atoms with E-state index >= 15 is 0 Å². The first kappa shape index (κ1) is 30.2. The number of fused-ring (bicyclic) bond motifs is 1. The Hall–Kier alpha value is -4.35. The second-order valence-electron chi connectivity index (χ2n) is 10.8. The number of methoxy groups -OCH3 is 1. The van der Waals surface area contributed by atoms with Gasteiger partial charge in [-0.2, -0.15) is 0 Å². The van der Waals surface area contributed by atoms with Crippen LogP contribution in [0.3, 0.4) is 0 Å². The monoisotopic (exact) mass is 554 g/mol. The van der Waals surface area contributed by atoms with Crippen molar-refractivity contribution in [3.8, 4) is 0 Å². The molecule has 3 rings (SSSR count). The summed E-state index contributed by atoms with van der Waals surface area (Å²) in [7, 11) is 1.25. The molecule has 0 saturated carbocycles. The van der Waals surface area contributed by atoms with Crippen molar-refractivity contribution in [1.29, 1.82) is 0 Å². The fourth-order valence-corrected chi connectivity index (χ4v) is 4.18. The van der Waals surface area contributed by atoms with Crippen molar-refractivity contribution in [1.82, 2.24) is 30.9 Å². The number of nitrogens with one attached hydrogen (secondary N) is 5. The number of H-pyrrole nitrogens is 2. The van der Waals surface area contributed by atoms with E-state index in [1.165, 1.54) is 13.4 Å². The molecule has 3 amide bonds. The number of hydrogen-bond donors (Lipinski definition) is 5. The molecule has 0 unspecified atom stereocenters. The maximum absolute atomic E-state index is 13.4.